The van der Waals surface area contributed by atoms with Gasteiger partial charge in [0.15, 0.2) is 5.82 Å². The van der Waals surface area contributed by atoms with E-state index >= 15 is 0 Å². The SMILES string of the molecule is Fc1ccc(Oc2ncc(CCOc3nc(Cl)ncc3F)cc2F)cc1C(F)(F)F. The zero-order valence-corrected chi connectivity index (χ0v) is 15.4. The van der Waals surface area contributed by atoms with E-state index < -0.39 is 40.8 Å². The first-order chi connectivity index (χ1) is 14.1. The molecule has 0 aliphatic heterocycles. The first kappa shape index (κ1) is 21.6. The lowest BCUT2D eigenvalue weighted by Gasteiger charge is -2.11. The number of alkyl halides is 3. The van der Waals surface area contributed by atoms with Gasteiger partial charge in [0.1, 0.15) is 11.6 Å². The molecule has 3 aromatic rings. The summed E-state index contributed by atoms with van der Waals surface area (Å²) in [6, 6.07) is 2.89. The molecule has 0 saturated carbocycles. The van der Waals surface area contributed by atoms with Crippen LogP contribution in [0.2, 0.25) is 5.28 Å². The van der Waals surface area contributed by atoms with Crippen LogP contribution in [0.1, 0.15) is 11.1 Å². The molecular weight excluding hydrogens is 440 g/mol. The van der Waals surface area contributed by atoms with Crippen LogP contribution in [0.25, 0.3) is 0 Å². The number of benzene rings is 1. The molecule has 0 saturated heterocycles. The molecule has 30 heavy (non-hydrogen) atoms. The Morgan fingerprint density at radius 1 is 0.900 bits per heavy atom. The summed E-state index contributed by atoms with van der Waals surface area (Å²) in [5.41, 5.74) is -1.22. The van der Waals surface area contributed by atoms with Crippen LogP contribution in [0.4, 0.5) is 26.3 Å². The molecule has 3 rings (SSSR count). The third kappa shape index (κ3) is 5.29. The Bertz CT molecular complexity index is 1060. The van der Waals surface area contributed by atoms with Crippen molar-refractivity contribution in [3.8, 4) is 17.5 Å². The zero-order valence-electron chi connectivity index (χ0n) is 14.7. The molecule has 158 valence electrons. The molecule has 0 unspecified atom stereocenters. The molecular formula is C18H10ClF6N3O2. The van der Waals surface area contributed by atoms with Gasteiger partial charge in [-0.15, -0.1) is 0 Å². The predicted octanol–water partition coefficient (Wildman–Crippen LogP) is 5.37. The standard InChI is InChI=1S/C18H10ClF6N3O2/c19-17-27-8-14(22)16(28-17)29-4-3-9-5-13(21)15(26-7-9)30-10-1-2-12(20)11(6-10)18(23,24)25/h1-2,5-8H,3-4H2. The molecule has 0 atom stereocenters. The second-order valence-corrected chi connectivity index (χ2v) is 6.10. The summed E-state index contributed by atoms with van der Waals surface area (Å²) in [6.45, 7) is -0.0987. The predicted molar refractivity (Wildman–Crippen MR) is 91.9 cm³/mol. The number of rotatable bonds is 6. The molecule has 0 bridgehead atoms. The summed E-state index contributed by atoms with van der Waals surface area (Å²) in [5.74, 6) is -4.71. The molecule has 12 heteroatoms. The fourth-order valence-corrected chi connectivity index (χ4v) is 2.40. The Labute approximate surface area is 170 Å². The van der Waals surface area contributed by atoms with Crippen molar-refractivity contribution in [3.05, 3.63) is 70.5 Å². The lowest BCUT2D eigenvalue weighted by atomic mass is 10.2. The lowest BCUT2D eigenvalue weighted by Crippen LogP contribution is -2.08. The van der Waals surface area contributed by atoms with Crippen molar-refractivity contribution >= 4 is 11.6 Å². The van der Waals surface area contributed by atoms with Gasteiger partial charge >= 0.3 is 6.18 Å². The minimum atomic E-state index is -4.94. The normalized spacial score (nSPS) is 11.4. The zero-order chi connectivity index (χ0) is 21.9. The number of halogens is 7. The van der Waals surface area contributed by atoms with E-state index in [1.807, 2.05) is 0 Å². The maximum atomic E-state index is 14.2. The van der Waals surface area contributed by atoms with Crippen molar-refractivity contribution in [2.24, 2.45) is 0 Å². The Hall–Kier alpha value is -3.08. The van der Waals surface area contributed by atoms with E-state index in [1.165, 1.54) is 6.20 Å². The third-order valence-corrected chi connectivity index (χ3v) is 3.82. The molecule has 2 heterocycles. The van der Waals surface area contributed by atoms with Gasteiger partial charge in [-0.25, -0.2) is 18.7 Å². The molecule has 2 aromatic heterocycles. The summed E-state index contributed by atoms with van der Waals surface area (Å²) >= 11 is 5.54. The molecule has 0 radical (unpaired) electrons. The third-order valence-electron chi connectivity index (χ3n) is 3.63. The summed E-state index contributed by atoms with van der Waals surface area (Å²) in [4.78, 5) is 10.7. The van der Waals surface area contributed by atoms with Crippen LogP contribution in [0.15, 0.2) is 36.7 Å². The maximum Gasteiger partial charge on any atom is 0.419 e. The van der Waals surface area contributed by atoms with Crippen molar-refractivity contribution in [1.29, 1.82) is 0 Å². The number of ether oxygens (including phenoxy) is 2. The van der Waals surface area contributed by atoms with Gasteiger partial charge in [0, 0.05) is 12.6 Å². The van der Waals surface area contributed by atoms with Crippen molar-refractivity contribution < 1.29 is 35.8 Å². The van der Waals surface area contributed by atoms with Crippen LogP contribution in [-0.4, -0.2) is 21.6 Å². The number of pyridine rings is 1. The molecule has 0 aliphatic rings. The van der Waals surface area contributed by atoms with Gasteiger partial charge in [-0.3, -0.25) is 0 Å². The number of hydrogen-bond donors (Lipinski definition) is 0. The fraction of sp³-hybridized carbons (Fsp3) is 0.167. The minimum absolute atomic E-state index is 0.0973. The average molecular weight is 450 g/mol. The topological polar surface area (TPSA) is 57.1 Å². The quantitative estimate of drug-likeness (QED) is 0.374. The van der Waals surface area contributed by atoms with Crippen molar-refractivity contribution in [1.82, 2.24) is 15.0 Å². The second kappa shape index (κ2) is 8.74. The van der Waals surface area contributed by atoms with Crippen LogP contribution in [0.5, 0.6) is 17.5 Å². The van der Waals surface area contributed by atoms with Gasteiger partial charge in [-0.2, -0.15) is 22.5 Å². The highest BCUT2D eigenvalue weighted by Gasteiger charge is 2.34. The van der Waals surface area contributed by atoms with E-state index in [9.17, 15) is 26.3 Å². The second-order valence-electron chi connectivity index (χ2n) is 5.76. The van der Waals surface area contributed by atoms with Crippen LogP contribution in [-0.2, 0) is 12.6 Å². The average Bonchev–Trinajstić information content (AvgIpc) is 2.67. The highest BCUT2D eigenvalue weighted by atomic mass is 35.5. The Morgan fingerprint density at radius 2 is 1.67 bits per heavy atom. The van der Waals surface area contributed by atoms with Crippen molar-refractivity contribution in [3.63, 3.8) is 0 Å². The van der Waals surface area contributed by atoms with E-state index in [0.29, 0.717) is 17.7 Å². The van der Waals surface area contributed by atoms with Crippen LogP contribution < -0.4 is 9.47 Å². The molecule has 0 aliphatic carbocycles. The van der Waals surface area contributed by atoms with Gasteiger partial charge in [-0.1, -0.05) is 0 Å². The maximum absolute atomic E-state index is 14.2. The number of nitrogens with zero attached hydrogens (tertiary/aromatic N) is 3. The number of hydrogen-bond acceptors (Lipinski definition) is 5. The Balaban J connectivity index is 1.66. The molecule has 0 amide bonds. The smallest absolute Gasteiger partial charge is 0.419 e. The molecule has 0 spiro atoms. The van der Waals surface area contributed by atoms with E-state index in [-0.39, 0.29) is 24.2 Å². The highest BCUT2D eigenvalue weighted by Crippen LogP contribution is 2.34. The van der Waals surface area contributed by atoms with Crippen LogP contribution >= 0.6 is 11.6 Å². The van der Waals surface area contributed by atoms with Crippen molar-refractivity contribution in [2.75, 3.05) is 6.61 Å². The molecule has 5 nitrogen and oxygen atoms in total. The van der Waals surface area contributed by atoms with Crippen molar-refractivity contribution in [2.45, 2.75) is 12.6 Å². The van der Waals surface area contributed by atoms with Gasteiger partial charge < -0.3 is 9.47 Å². The minimum Gasteiger partial charge on any atom is -0.475 e. The van der Waals surface area contributed by atoms with E-state index in [0.717, 1.165) is 18.3 Å². The lowest BCUT2D eigenvalue weighted by molar-refractivity contribution is -0.140. The highest BCUT2D eigenvalue weighted by molar-refractivity contribution is 6.28. The van der Waals surface area contributed by atoms with Crippen LogP contribution in [0.3, 0.4) is 0 Å². The summed E-state index contributed by atoms with van der Waals surface area (Å²) in [7, 11) is 0. The molecule has 0 fully saturated rings. The van der Waals surface area contributed by atoms with E-state index in [1.54, 1.807) is 0 Å². The van der Waals surface area contributed by atoms with Crippen LogP contribution in [0, 0.1) is 17.5 Å². The van der Waals surface area contributed by atoms with Gasteiger partial charge in [-0.05, 0) is 41.4 Å². The Kier molecular flexibility index (Phi) is 6.30. The van der Waals surface area contributed by atoms with Gasteiger partial charge in [0.05, 0.1) is 18.4 Å². The largest absolute Gasteiger partial charge is 0.475 e. The molecule has 0 N–H and O–H groups in total. The summed E-state index contributed by atoms with van der Waals surface area (Å²) in [5, 5.41) is -0.213. The number of aromatic nitrogens is 3. The first-order valence-corrected chi connectivity index (χ1v) is 8.51. The van der Waals surface area contributed by atoms with E-state index in [4.69, 9.17) is 21.1 Å². The summed E-state index contributed by atoms with van der Waals surface area (Å²) in [6.07, 6.45) is -2.82. The van der Waals surface area contributed by atoms with E-state index in [2.05, 4.69) is 15.0 Å². The Morgan fingerprint density at radius 3 is 2.37 bits per heavy atom. The monoisotopic (exact) mass is 449 g/mol. The van der Waals surface area contributed by atoms with Gasteiger partial charge in [0.2, 0.25) is 11.1 Å². The molecule has 1 aromatic carbocycles. The van der Waals surface area contributed by atoms with Gasteiger partial charge in [0.25, 0.3) is 11.8 Å². The fourth-order valence-electron chi connectivity index (χ4n) is 2.27. The first-order valence-electron chi connectivity index (χ1n) is 8.13. The summed E-state index contributed by atoms with van der Waals surface area (Å²) < 4.78 is 89.3.